The number of nitrogens with two attached hydrogens (primary N) is 1. The minimum absolute atomic E-state index is 0.306. The third-order valence-corrected chi connectivity index (χ3v) is 3.35. The molecule has 88 valence electrons. The summed E-state index contributed by atoms with van der Waals surface area (Å²) >= 11 is 0. The lowest BCUT2D eigenvalue weighted by Crippen LogP contribution is -2.40. The molecule has 4 nitrogen and oxygen atoms in total. The van der Waals surface area contributed by atoms with Crippen LogP contribution in [0.25, 0.3) is 0 Å². The SMILES string of the molecule is Cc1ccnc(N2CCC(C(C)N)CC2)n1. The number of anilines is 1. The number of aromatic nitrogens is 2. The maximum Gasteiger partial charge on any atom is 0.225 e. The van der Waals surface area contributed by atoms with Crippen molar-refractivity contribution in [3.05, 3.63) is 18.0 Å². The molecule has 1 aliphatic heterocycles. The van der Waals surface area contributed by atoms with Crippen LogP contribution in [0.15, 0.2) is 12.3 Å². The van der Waals surface area contributed by atoms with Gasteiger partial charge in [-0.3, -0.25) is 0 Å². The van der Waals surface area contributed by atoms with E-state index in [1.165, 1.54) is 0 Å². The number of rotatable bonds is 2. The number of hydrogen-bond acceptors (Lipinski definition) is 4. The van der Waals surface area contributed by atoms with Crippen molar-refractivity contribution in [3.63, 3.8) is 0 Å². The lowest BCUT2D eigenvalue weighted by atomic mass is 9.91. The van der Waals surface area contributed by atoms with E-state index in [2.05, 4.69) is 21.8 Å². The van der Waals surface area contributed by atoms with Gasteiger partial charge in [0.1, 0.15) is 0 Å². The Labute approximate surface area is 96.9 Å². The standard InChI is InChI=1S/C12H20N4/c1-9-3-6-14-12(15-9)16-7-4-11(5-8-16)10(2)13/h3,6,10-11H,4-5,7-8,13H2,1-2H3. The second-order valence-electron chi connectivity index (χ2n) is 4.68. The molecular formula is C12H20N4. The molecule has 2 rings (SSSR count). The van der Waals surface area contributed by atoms with Crippen LogP contribution < -0.4 is 10.6 Å². The Morgan fingerprint density at radius 2 is 2.12 bits per heavy atom. The van der Waals surface area contributed by atoms with Gasteiger partial charge in [-0.1, -0.05) is 0 Å². The summed E-state index contributed by atoms with van der Waals surface area (Å²) in [5, 5.41) is 0. The van der Waals surface area contributed by atoms with Crippen LogP contribution in [-0.2, 0) is 0 Å². The van der Waals surface area contributed by atoms with Crippen molar-refractivity contribution >= 4 is 5.95 Å². The highest BCUT2D eigenvalue weighted by molar-refractivity contribution is 5.30. The van der Waals surface area contributed by atoms with Crippen molar-refractivity contribution in [2.24, 2.45) is 11.7 Å². The van der Waals surface area contributed by atoms with Crippen LogP contribution in [0.3, 0.4) is 0 Å². The first-order chi connectivity index (χ1) is 7.66. The quantitative estimate of drug-likeness (QED) is 0.817. The predicted molar refractivity (Wildman–Crippen MR) is 65.4 cm³/mol. The van der Waals surface area contributed by atoms with Crippen molar-refractivity contribution in [2.75, 3.05) is 18.0 Å². The normalized spacial score (nSPS) is 19.8. The van der Waals surface area contributed by atoms with Gasteiger partial charge in [0.15, 0.2) is 0 Å². The summed E-state index contributed by atoms with van der Waals surface area (Å²) in [6, 6.07) is 2.23. The third-order valence-electron chi connectivity index (χ3n) is 3.35. The second kappa shape index (κ2) is 4.78. The molecule has 2 N–H and O–H groups in total. The predicted octanol–water partition coefficient (Wildman–Crippen LogP) is 1.35. The highest BCUT2D eigenvalue weighted by Crippen LogP contribution is 2.22. The molecule has 0 bridgehead atoms. The molecule has 1 saturated heterocycles. The summed E-state index contributed by atoms with van der Waals surface area (Å²) < 4.78 is 0. The van der Waals surface area contributed by atoms with Gasteiger partial charge in [-0.05, 0) is 38.7 Å². The maximum atomic E-state index is 5.93. The molecular weight excluding hydrogens is 200 g/mol. The van der Waals surface area contributed by atoms with Crippen LogP contribution in [0.5, 0.6) is 0 Å². The molecule has 16 heavy (non-hydrogen) atoms. The number of nitrogens with zero attached hydrogens (tertiary/aromatic N) is 3. The molecule has 1 unspecified atom stereocenters. The molecule has 4 heteroatoms. The fourth-order valence-corrected chi connectivity index (χ4v) is 2.21. The zero-order valence-electron chi connectivity index (χ0n) is 10.1. The van der Waals surface area contributed by atoms with Crippen molar-refractivity contribution in [1.29, 1.82) is 0 Å². The summed E-state index contributed by atoms with van der Waals surface area (Å²) in [5.41, 5.74) is 6.95. The number of piperidine rings is 1. The van der Waals surface area contributed by atoms with E-state index in [0.717, 1.165) is 37.6 Å². The van der Waals surface area contributed by atoms with Crippen molar-refractivity contribution in [3.8, 4) is 0 Å². The molecule has 1 fully saturated rings. The fraction of sp³-hybridized carbons (Fsp3) is 0.667. The molecule has 0 saturated carbocycles. The first-order valence-electron chi connectivity index (χ1n) is 5.97. The molecule has 1 aliphatic rings. The number of aryl methyl sites for hydroxylation is 1. The van der Waals surface area contributed by atoms with E-state index in [1.807, 2.05) is 19.2 Å². The first kappa shape index (κ1) is 11.3. The average Bonchev–Trinajstić information content (AvgIpc) is 2.29. The van der Waals surface area contributed by atoms with Gasteiger partial charge in [0.05, 0.1) is 0 Å². The Morgan fingerprint density at radius 3 is 2.69 bits per heavy atom. The molecule has 0 amide bonds. The molecule has 0 spiro atoms. The monoisotopic (exact) mass is 220 g/mol. The van der Waals surface area contributed by atoms with Crippen LogP contribution in [0.2, 0.25) is 0 Å². The Kier molecular flexibility index (Phi) is 3.39. The minimum atomic E-state index is 0.306. The van der Waals surface area contributed by atoms with Gasteiger partial charge in [-0.25, -0.2) is 9.97 Å². The van der Waals surface area contributed by atoms with Crippen LogP contribution in [-0.4, -0.2) is 29.1 Å². The maximum absolute atomic E-state index is 5.93. The summed E-state index contributed by atoms with van der Waals surface area (Å²) in [5.74, 6) is 1.52. The van der Waals surface area contributed by atoms with E-state index in [-0.39, 0.29) is 0 Å². The lowest BCUT2D eigenvalue weighted by molar-refractivity contribution is 0.352. The summed E-state index contributed by atoms with van der Waals surface area (Å²) in [4.78, 5) is 11.0. The van der Waals surface area contributed by atoms with Gasteiger partial charge in [0.25, 0.3) is 0 Å². The molecule has 1 atom stereocenters. The smallest absolute Gasteiger partial charge is 0.225 e. The zero-order chi connectivity index (χ0) is 11.5. The Bertz CT molecular complexity index is 343. The topological polar surface area (TPSA) is 55.0 Å². The zero-order valence-corrected chi connectivity index (χ0v) is 10.1. The molecule has 1 aromatic rings. The highest BCUT2D eigenvalue weighted by Gasteiger charge is 2.23. The van der Waals surface area contributed by atoms with Crippen LogP contribution in [0.4, 0.5) is 5.95 Å². The van der Waals surface area contributed by atoms with E-state index >= 15 is 0 Å². The molecule has 0 aliphatic carbocycles. The van der Waals surface area contributed by atoms with Crippen molar-refractivity contribution in [1.82, 2.24) is 9.97 Å². The number of hydrogen-bond donors (Lipinski definition) is 1. The van der Waals surface area contributed by atoms with E-state index in [1.54, 1.807) is 0 Å². The molecule has 1 aromatic heterocycles. The van der Waals surface area contributed by atoms with E-state index in [4.69, 9.17) is 5.73 Å². The van der Waals surface area contributed by atoms with E-state index in [9.17, 15) is 0 Å². The van der Waals surface area contributed by atoms with Crippen LogP contribution in [0.1, 0.15) is 25.5 Å². The molecule has 0 radical (unpaired) electrons. The van der Waals surface area contributed by atoms with Crippen molar-refractivity contribution in [2.45, 2.75) is 32.7 Å². The van der Waals surface area contributed by atoms with Gasteiger partial charge in [0, 0.05) is 31.0 Å². The Balaban J connectivity index is 1.99. The largest absolute Gasteiger partial charge is 0.341 e. The molecule has 2 heterocycles. The van der Waals surface area contributed by atoms with Crippen LogP contribution in [0, 0.1) is 12.8 Å². The summed E-state index contributed by atoms with van der Waals surface area (Å²) in [7, 11) is 0. The van der Waals surface area contributed by atoms with Gasteiger partial charge in [-0.2, -0.15) is 0 Å². The van der Waals surface area contributed by atoms with Crippen LogP contribution >= 0.6 is 0 Å². The molecule has 0 aromatic carbocycles. The fourth-order valence-electron chi connectivity index (χ4n) is 2.21. The van der Waals surface area contributed by atoms with Gasteiger partial charge in [0.2, 0.25) is 5.95 Å². The average molecular weight is 220 g/mol. The van der Waals surface area contributed by atoms with Gasteiger partial charge >= 0.3 is 0 Å². The second-order valence-corrected chi connectivity index (χ2v) is 4.68. The first-order valence-corrected chi connectivity index (χ1v) is 5.97. The Hall–Kier alpha value is -1.16. The lowest BCUT2D eigenvalue weighted by Gasteiger charge is -2.33. The van der Waals surface area contributed by atoms with Gasteiger partial charge in [-0.15, -0.1) is 0 Å². The van der Waals surface area contributed by atoms with E-state index < -0.39 is 0 Å². The third kappa shape index (κ3) is 2.50. The summed E-state index contributed by atoms with van der Waals surface area (Å²) in [6.45, 7) is 6.15. The van der Waals surface area contributed by atoms with Crippen molar-refractivity contribution < 1.29 is 0 Å². The highest BCUT2D eigenvalue weighted by atomic mass is 15.2. The Morgan fingerprint density at radius 1 is 1.44 bits per heavy atom. The van der Waals surface area contributed by atoms with E-state index in [0.29, 0.717) is 12.0 Å². The van der Waals surface area contributed by atoms with Gasteiger partial charge < -0.3 is 10.6 Å². The minimum Gasteiger partial charge on any atom is -0.341 e. The summed E-state index contributed by atoms with van der Waals surface area (Å²) in [6.07, 6.45) is 4.12.